The van der Waals surface area contributed by atoms with E-state index in [1.54, 1.807) is 13.8 Å². The van der Waals surface area contributed by atoms with Crippen LogP contribution in [0.4, 0.5) is 0 Å². The van der Waals surface area contributed by atoms with Crippen molar-refractivity contribution in [1.82, 2.24) is 15.1 Å². The molecule has 5 atom stereocenters. The van der Waals surface area contributed by atoms with Crippen LogP contribution in [0.3, 0.4) is 0 Å². The monoisotopic (exact) mass is 411 g/mol. The number of amides is 4. The molecule has 2 aliphatic heterocycles. The molecule has 164 valence electrons. The molecule has 2 rings (SSSR count). The van der Waals surface area contributed by atoms with Gasteiger partial charge in [-0.15, -0.1) is 0 Å². The van der Waals surface area contributed by atoms with Crippen molar-refractivity contribution < 1.29 is 24.3 Å². The lowest BCUT2D eigenvalue weighted by Crippen LogP contribution is -2.58. The van der Waals surface area contributed by atoms with E-state index in [2.05, 4.69) is 5.32 Å². The lowest BCUT2D eigenvalue weighted by molar-refractivity contribution is -0.148. The third-order valence-electron chi connectivity index (χ3n) is 5.74. The summed E-state index contributed by atoms with van der Waals surface area (Å²) in [5.41, 5.74) is 11.1. The molecule has 10 heteroatoms. The maximum atomic E-state index is 13.2. The minimum atomic E-state index is -1.09. The first-order chi connectivity index (χ1) is 13.6. The number of carbonyl (C=O) groups excluding carboxylic acids is 4. The summed E-state index contributed by atoms with van der Waals surface area (Å²) in [6.07, 6.45) is 1.25. The lowest BCUT2D eigenvalue weighted by Gasteiger charge is -2.33. The van der Waals surface area contributed by atoms with Crippen molar-refractivity contribution in [2.24, 2.45) is 17.4 Å². The molecule has 0 aromatic carbocycles. The largest absolute Gasteiger partial charge is 0.391 e. The molecule has 10 nitrogen and oxygen atoms in total. The maximum Gasteiger partial charge on any atom is 0.246 e. The summed E-state index contributed by atoms with van der Waals surface area (Å²) in [5, 5.41) is 12.3. The number of likely N-dealkylation sites (tertiary alicyclic amines) is 2. The number of nitrogens with one attached hydrogen (secondary N) is 1. The molecule has 29 heavy (non-hydrogen) atoms. The van der Waals surface area contributed by atoms with Crippen molar-refractivity contribution >= 4 is 23.6 Å². The molecular formula is C19H33N5O5. The fourth-order valence-corrected chi connectivity index (χ4v) is 4.00. The highest BCUT2D eigenvalue weighted by atomic mass is 16.3. The number of aliphatic hydroxyl groups excluding tert-OH is 1. The van der Waals surface area contributed by atoms with Gasteiger partial charge >= 0.3 is 0 Å². The molecular weight excluding hydrogens is 378 g/mol. The summed E-state index contributed by atoms with van der Waals surface area (Å²) >= 11 is 0. The van der Waals surface area contributed by atoms with Crippen molar-refractivity contribution in [2.45, 2.75) is 76.7 Å². The van der Waals surface area contributed by atoms with Gasteiger partial charge in [0.2, 0.25) is 23.6 Å². The summed E-state index contributed by atoms with van der Waals surface area (Å²) in [7, 11) is 0. The smallest absolute Gasteiger partial charge is 0.246 e. The van der Waals surface area contributed by atoms with E-state index in [9.17, 15) is 24.3 Å². The van der Waals surface area contributed by atoms with Crippen molar-refractivity contribution in [2.75, 3.05) is 13.1 Å². The summed E-state index contributed by atoms with van der Waals surface area (Å²) in [4.78, 5) is 53.0. The topological polar surface area (TPSA) is 159 Å². The predicted octanol–water partition coefficient (Wildman–Crippen LogP) is -1.70. The molecule has 2 heterocycles. The van der Waals surface area contributed by atoms with Gasteiger partial charge in [0.15, 0.2) is 0 Å². The molecule has 2 aliphatic rings. The number of aliphatic hydroxyl groups is 1. The number of hydrogen-bond acceptors (Lipinski definition) is 6. The van der Waals surface area contributed by atoms with Gasteiger partial charge in [-0.05, 0) is 38.5 Å². The number of nitrogens with two attached hydrogens (primary N) is 2. The summed E-state index contributed by atoms with van der Waals surface area (Å²) in [6.45, 7) is 5.78. The fourth-order valence-electron chi connectivity index (χ4n) is 4.00. The second kappa shape index (κ2) is 9.53. The number of carbonyl (C=O) groups is 4. The quantitative estimate of drug-likeness (QED) is 0.391. The van der Waals surface area contributed by atoms with Crippen LogP contribution in [0.1, 0.15) is 46.5 Å². The Morgan fingerprint density at radius 2 is 1.55 bits per heavy atom. The van der Waals surface area contributed by atoms with Crippen LogP contribution in [-0.4, -0.2) is 81.9 Å². The predicted molar refractivity (Wildman–Crippen MR) is 105 cm³/mol. The van der Waals surface area contributed by atoms with Gasteiger partial charge in [0.05, 0.1) is 6.10 Å². The van der Waals surface area contributed by atoms with Gasteiger partial charge in [0.1, 0.15) is 24.2 Å². The van der Waals surface area contributed by atoms with Gasteiger partial charge in [-0.2, -0.15) is 0 Å². The van der Waals surface area contributed by atoms with Crippen LogP contribution >= 0.6 is 0 Å². The third-order valence-corrected chi connectivity index (χ3v) is 5.74. The average Bonchev–Trinajstić information content (AvgIpc) is 3.32. The first-order valence-electron chi connectivity index (χ1n) is 10.2. The summed E-state index contributed by atoms with van der Waals surface area (Å²) in [5.74, 6) is -1.98. The zero-order chi connectivity index (χ0) is 21.9. The Morgan fingerprint density at radius 3 is 2.07 bits per heavy atom. The lowest BCUT2D eigenvalue weighted by atomic mass is 10.0. The zero-order valence-electron chi connectivity index (χ0n) is 17.3. The van der Waals surface area contributed by atoms with E-state index < -0.39 is 48.0 Å². The second-order valence-electron chi connectivity index (χ2n) is 8.28. The van der Waals surface area contributed by atoms with E-state index in [-0.39, 0.29) is 11.8 Å². The molecule has 0 unspecified atom stereocenters. The number of rotatable bonds is 7. The normalized spacial score (nSPS) is 25.0. The minimum Gasteiger partial charge on any atom is -0.391 e. The van der Waals surface area contributed by atoms with E-state index in [0.717, 1.165) is 0 Å². The Labute approximate surface area is 170 Å². The molecule has 2 saturated heterocycles. The molecule has 0 spiro atoms. The molecule has 0 radical (unpaired) electrons. The van der Waals surface area contributed by atoms with Gasteiger partial charge in [-0.25, -0.2) is 0 Å². The van der Waals surface area contributed by atoms with Crippen LogP contribution in [0.25, 0.3) is 0 Å². The highest BCUT2D eigenvalue weighted by molar-refractivity contribution is 5.95. The van der Waals surface area contributed by atoms with Crippen LogP contribution in [0.15, 0.2) is 0 Å². The van der Waals surface area contributed by atoms with E-state index in [1.165, 1.54) is 16.7 Å². The fraction of sp³-hybridized carbons (Fsp3) is 0.789. The standard InChI is InChI=1S/C19H33N5O5/c1-10(2)15(16(21)26)22-17(27)12-6-4-8-23(12)18(28)13-7-5-9-24(13)19(29)14(20)11(3)25/h10-15,25H,4-9,20H2,1-3H3,(H2,21,26)(H,22,27)/t11-,12+,13+,14+,15+/m1/s1. The molecule has 0 aliphatic carbocycles. The van der Waals surface area contributed by atoms with Crippen LogP contribution in [-0.2, 0) is 19.2 Å². The SMILES string of the molecule is CC(C)[C@H](NC(=O)[C@@H]1CCCN1C(=O)[C@@H]1CCCN1C(=O)[C@@H](N)[C@@H](C)O)C(N)=O. The molecule has 4 amide bonds. The summed E-state index contributed by atoms with van der Waals surface area (Å²) < 4.78 is 0. The van der Waals surface area contributed by atoms with Crippen LogP contribution in [0.5, 0.6) is 0 Å². The van der Waals surface area contributed by atoms with Gasteiger partial charge in [0, 0.05) is 13.1 Å². The molecule has 0 saturated carbocycles. The van der Waals surface area contributed by atoms with Gasteiger partial charge in [-0.1, -0.05) is 13.8 Å². The highest BCUT2D eigenvalue weighted by Gasteiger charge is 2.43. The number of primary amides is 1. The molecule has 0 aromatic heterocycles. The van der Waals surface area contributed by atoms with E-state index in [0.29, 0.717) is 38.8 Å². The first-order valence-corrected chi connectivity index (χ1v) is 10.2. The van der Waals surface area contributed by atoms with Crippen molar-refractivity contribution in [3.8, 4) is 0 Å². The zero-order valence-corrected chi connectivity index (χ0v) is 17.3. The van der Waals surface area contributed by atoms with E-state index in [1.807, 2.05) is 0 Å². The Kier molecular flexibility index (Phi) is 7.59. The van der Waals surface area contributed by atoms with Crippen molar-refractivity contribution in [3.05, 3.63) is 0 Å². The van der Waals surface area contributed by atoms with Crippen molar-refractivity contribution in [3.63, 3.8) is 0 Å². The van der Waals surface area contributed by atoms with Gasteiger partial charge in [0.25, 0.3) is 0 Å². The highest BCUT2D eigenvalue weighted by Crippen LogP contribution is 2.26. The van der Waals surface area contributed by atoms with Gasteiger partial charge in [-0.3, -0.25) is 19.2 Å². The Bertz CT molecular complexity index is 653. The third kappa shape index (κ3) is 5.05. The second-order valence-corrected chi connectivity index (χ2v) is 8.28. The number of hydrogen-bond donors (Lipinski definition) is 4. The Balaban J connectivity index is 2.11. The Morgan fingerprint density at radius 1 is 1.00 bits per heavy atom. The maximum absolute atomic E-state index is 13.2. The Hall–Kier alpha value is -2.20. The molecule has 2 fully saturated rings. The van der Waals surface area contributed by atoms with E-state index in [4.69, 9.17) is 11.5 Å². The summed E-state index contributed by atoms with van der Waals surface area (Å²) in [6, 6.07) is -3.30. The van der Waals surface area contributed by atoms with Gasteiger partial charge < -0.3 is 31.7 Å². The number of nitrogens with zero attached hydrogens (tertiary/aromatic N) is 2. The van der Waals surface area contributed by atoms with Crippen molar-refractivity contribution in [1.29, 1.82) is 0 Å². The minimum absolute atomic E-state index is 0.174. The average molecular weight is 412 g/mol. The molecule has 0 bridgehead atoms. The van der Waals surface area contributed by atoms with Crippen LogP contribution < -0.4 is 16.8 Å². The molecule has 0 aromatic rings. The van der Waals surface area contributed by atoms with Crippen LogP contribution in [0.2, 0.25) is 0 Å². The molecule has 6 N–H and O–H groups in total. The van der Waals surface area contributed by atoms with E-state index >= 15 is 0 Å². The first kappa shape index (κ1) is 23.1. The van der Waals surface area contributed by atoms with Crippen LogP contribution in [0, 0.1) is 5.92 Å².